The van der Waals surface area contributed by atoms with Crippen molar-refractivity contribution in [3.63, 3.8) is 0 Å². The summed E-state index contributed by atoms with van der Waals surface area (Å²) in [6.45, 7) is 0.280. The standard InChI is InChI=1S/C24H16BrN3O2/c25-21-14-12-20(13-15-21)23-26-24(27-30-23)28(17-19-9-5-2-6-10-19)22(29)16-11-18-7-3-1-4-8-18/h1-10,12-15H,17H2. The second kappa shape index (κ2) is 9.21. The molecule has 146 valence electrons. The summed E-state index contributed by atoms with van der Waals surface area (Å²) >= 11 is 3.40. The number of carbonyl (C=O) groups excluding carboxylic acids is 1. The number of anilines is 1. The maximum Gasteiger partial charge on any atom is 0.306 e. The minimum Gasteiger partial charge on any atom is -0.332 e. The molecule has 5 nitrogen and oxygen atoms in total. The lowest BCUT2D eigenvalue weighted by molar-refractivity contribution is -0.113. The van der Waals surface area contributed by atoms with Crippen LogP contribution in [0.2, 0.25) is 0 Å². The van der Waals surface area contributed by atoms with Gasteiger partial charge in [0.1, 0.15) is 0 Å². The zero-order valence-electron chi connectivity index (χ0n) is 15.8. The smallest absolute Gasteiger partial charge is 0.306 e. The molecule has 4 aromatic rings. The van der Waals surface area contributed by atoms with Gasteiger partial charge in [0.15, 0.2) is 0 Å². The monoisotopic (exact) mass is 457 g/mol. The summed E-state index contributed by atoms with van der Waals surface area (Å²) in [5.41, 5.74) is 2.45. The molecule has 0 unspecified atom stereocenters. The minimum atomic E-state index is -0.411. The summed E-state index contributed by atoms with van der Waals surface area (Å²) in [7, 11) is 0. The zero-order chi connectivity index (χ0) is 20.8. The lowest BCUT2D eigenvalue weighted by Crippen LogP contribution is -2.30. The molecule has 0 fully saturated rings. The molecule has 30 heavy (non-hydrogen) atoms. The van der Waals surface area contributed by atoms with E-state index in [1.807, 2.05) is 84.9 Å². The molecule has 1 heterocycles. The average molecular weight is 458 g/mol. The molecule has 0 aliphatic rings. The van der Waals surface area contributed by atoms with Crippen LogP contribution in [0.5, 0.6) is 0 Å². The Labute approximate surface area is 182 Å². The van der Waals surface area contributed by atoms with Crippen molar-refractivity contribution < 1.29 is 9.32 Å². The van der Waals surface area contributed by atoms with Crippen molar-refractivity contribution in [2.45, 2.75) is 6.54 Å². The van der Waals surface area contributed by atoms with Gasteiger partial charge in [-0.15, -0.1) is 0 Å². The first kappa shape index (κ1) is 19.6. The quantitative estimate of drug-likeness (QED) is 0.400. The number of amides is 1. The van der Waals surface area contributed by atoms with Crippen LogP contribution >= 0.6 is 15.9 Å². The summed E-state index contributed by atoms with van der Waals surface area (Å²) in [4.78, 5) is 18.8. The van der Waals surface area contributed by atoms with Crippen LogP contribution < -0.4 is 4.90 Å². The third-order valence-electron chi connectivity index (χ3n) is 4.26. The second-order valence-electron chi connectivity index (χ2n) is 6.40. The fourth-order valence-corrected chi connectivity index (χ4v) is 3.01. The van der Waals surface area contributed by atoms with Gasteiger partial charge in [0.05, 0.1) is 6.54 Å². The number of hydrogen-bond acceptors (Lipinski definition) is 4. The van der Waals surface area contributed by atoms with Gasteiger partial charge in [-0.05, 0) is 47.1 Å². The molecule has 1 amide bonds. The Hall–Kier alpha value is -3.69. The fourth-order valence-electron chi connectivity index (χ4n) is 2.75. The summed E-state index contributed by atoms with van der Waals surface area (Å²) in [6, 6.07) is 26.5. The Morgan fingerprint density at radius 3 is 2.30 bits per heavy atom. The van der Waals surface area contributed by atoms with Crippen LogP contribution in [0.25, 0.3) is 11.5 Å². The van der Waals surface area contributed by atoms with E-state index in [0.29, 0.717) is 5.89 Å². The summed E-state index contributed by atoms with van der Waals surface area (Å²) in [5.74, 6) is 5.67. The first-order chi connectivity index (χ1) is 14.7. The second-order valence-corrected chi connectivity index (χ2v) is 7.32. The van der Waals surface area contributed by atoms with E-state index in [0.717, 1.165) is 21.2 Å². The van der Waals surface area contributed by atoms with Crippen molar-refractivity contribution in [1.82, 2.24) is 10.1 Å². The third-order valence-corrected chi connectivity index (χ3v) is 4.79. The number of rotatable bonds is 4. The van der Waals surface area contributed by atoms with Gasteiger partial charge in [0, 0.05) is 21.5 Å². The molecule has 0 saturated heterocycles. The molecular formula is C24H16BrN3O2. The Bertz CT molecular complexity index is 1190. The Morgan fingerprint density at radius 2 is 1.60 bits per heavy atom. The molecule has 0 N–H and O–H groups in total. The van der Waals surface area contributed by atoms with E-state index in [4.69, 9.17) is 4.52 Å². The number of hydrogen-bond donors (Lipinski definition) is 0. The van der Waals surface area contributed by atoms with E-state index < -0.39 is 5.91 Å². The largest absolute Gasteiger partial charge is 0.332 e. The number of aromatic nitrogens is 2. The van der Waals surface area contributed by atoms with E-state index in [9.17, 15) is 4.79 Å². The van der Waals surface area contributed by atoms with Gasteiger partial charge >= 0.3 is 5.91 Å². The SMILES string of the molecule is O=C(C#Cc1ccccc1)N(Cc1ccccc1)c1noc(-c2ccc(Br)cc2)n1. The third kappa shape index (κ3) is 4.83. The molecule has 0 atom stereocenters. The molecule has 0 spiro atoms. The van der Waals surface area contributed by atoms with Gasteiger partial charge in [-0.3, -0.25) is 9.69 Å². The average Bonchev–Trinajstić information content (AvgIpc) is 3.27. The summed E-state index contributed by atoms with van der Waals surface area (Å²) < 4.78 is 6.35. The van der Waals surface area contributed by atoms with Crippen LogP contribution in [0, 0.1) is 11.8 Å². The molecule has 0 radical (unpaired) electrons. The molecule has 0 aliphatic carbocycles. The van der Waals surface area contributed by atoms with Crippen LogP contribution in [0.3, 0.4) is 0 Å². The maximum absolute atomic E-state index is 12.9. The van der Waals surface area contributed by atoms with Gasteiger partial charge in [-0.25, -0.2) is 0 Å². The number of benzene rings is 3. The molecular weight excluding hydrogens is 442 g/mol. The van der Waals surface area contributed by atoms with Gasteiger partial charge < -0.3 is 4.52 Å². The van der Waals surface area contributed by atoms with Gasteiger partial charge in [0.2, 0.25) is 0 Å². The van der Waals surface area contributed by atoms with Crippen LogP contribution in [0.15, 0.2) is 93.9 Å². The lowest BCUT2D eigenvalue weighted by Gasteiger charge is -2.15. The van der Waals surface area contributed by atoms with Gasteiger partial charge in [-0.1, -0.05) is 70.4 Å². The minimum absolute atomic E-state index is 0.170. The first-order valence-corrected chi connectivity index (χ1v) is 10.0. The highest BCUT2D eigenvalue weighted by atomic mass is 79.9. The Kier molecular flexibility index (Phi) is 6.02. The normalized spacial score (nSPS) is 10.2. The van der Waals surface area contributed by atoms with Crippen molar-refractivity contribution in [3.8, 4) is 23.3 Å². The Balaban J connectivity index is 1.64. The van der Waals surface area contributed by atoms with Crippen molar-refractivity contribution in [1.29, 1.82) is 0 Å². The topological polar surface area (TPSA) is 59.2 Å². The lowest BCUT2D eigenvalue weighted by atomic mass is 10.2. The highest BCUT2D eigenvalue weighted by Crippen LogP contribution is 2.23. The van der Waals surface area contributed by atoms with Crippen LogP contribution in [0.4, 0.5) is 5.95 Å². The number of halogens is 1. The van der Waals surface area contributed by atoms with Crippen LogP contribution in [-0.4, -0.2) is 16.0 Å². The van der Waals surface area contributed by atoms with E-state index in [1.54, 1.807) is 0 Å². The molecule has 6 heteroatoms. The molecule has 0 bridgehead atoms. The molecule has 1 aromatic heterocycles. The summed E-state index contributed by atoms with van der Waals surface area (Å²) in [5, 5.41) is 4.03. The summed E-state index contributed by atoms with van der Waals surface area (Å²) in [6.07, 6.45) is 0. The predicted molar refractivity (Wildman–Crippen MR) is 118 cm³/mol. The molecule has 0 aliphatic heterocycles. The number of nitrogens with zero attached hydrogens (tertiary/aromatic N) is 3. The number of carbonyl (C=O) groups is 1. The Morgan fingerprint density at radius 1 is 0.933 bits per heavy atom. The van der Waals surface area contributed by atoms with E-state index in [2.05, 4.69) is 37.9 Å². The van der Waals surface area contributed by atoms with E-state index in [1.165, 1.54) is 4.90 Å². The first-order valence-electron chi connectivity index (χ1n) is 9.21. The fraction of sp³-hybridized carbons (Fsp3) is 0.0417. The van der Waals surface area contributed by atoms with Gasteiger partial charge in [0.25, 0.3) is 11.8 Å². The highest BCUT2D eigenvalue weighted by Gasteiger charge is 2.21. The van der Waals surface area contributed by atoms with Crippen LogP contribution in [0.1, 0.15) is 11.1 Å². The highest BCUT2D eigenvalue weighted by molar-refractivity contribution is 9.10. The zero-order valence-corrected chi connectivity index (χ0v) is 17.4. The van der Waals surface area contributed by atoms with Gasteiger partial charge in [-0.2, -0.15) is 4.98 Å². The molecule has 0 saturated carbocycles. The predicted octanol–water partition coefficient (Wildman–Crippen LogP) is 5.08. The van der Waals surface area contributed by atoms with Crippen molar-refractivity contribution in [2.24, 2.45) is 0 Å². The van der Waals surface area contributed by atoms with Crippen molar-refractivity contribution in [3.05, 3.63) is 101 Å². The van der Waals surface area contributed by atoms with E-state index >= 15 is 0 Å². The van der Waals surface area contributed by atoms with E-state index in [-0.39, 0.29) is 12.5 Å². The molecule has 3 aromatic carbocycles. The maximum atomic E-state index is 12.9. The van der Waals surface area contributed by atoms with Crippen LogP contribution in [-0.2, 0) is 11.3 Å². The molecule has 4 rings (SSSR count). The van der Waals surface area contributed by atoms with Crippen molar-refractivity contribution >= 4 is 27.8 Å². The van der Waals surface area contributed by atoms with Crippen molar-refractivity contribution in [2.75, 3.05) is 4.90 Å².